The number of aryl methyl sites for hydroxylation is 1. The molecule has 1 aromatic rings. The second-order valence-electron chi connectivity index (χ2n) is 3.84. The van der Waals surface area contributed by atoms with Gasteiger partial charge in [0.1, 0.15) is 0 Å². The number of rotatable bonds is 0. The second kappa shape index (κ2) is 2.89. The van der Waals surface area contributed by atoms with E-state index in [4.69, 9.17) is 0 Å². The maximum atomic E-state index is 4.40. The van der Waals surface area contributed by atoms with Crippen LogP contribution in [-0.4, -0.2) is 4.98 Å². The molecule has 2 rings (SSSR count). The molecule has 0 aliphatic heterocycles. The van der Waals surface area contributed by atoms with E-state index in [0.29, 0.717) is 5.92 Å². The minimum atomic E-state index is 0.697. The fourth-order valence-corrected chi connectivity index (χ4v) is 1.99. The van der Waals surface area contributed by atoms with Crippen molar-refractivity contribution >= 4 is 0 Å². The van der Waals surface area contributed by atoms with Crippen LogP contribution in [-0.2, 0) is 6.42 Å². The lowest BCUT2D eigenvalue weighted by Crippen LogP contribution is -2.16. The lowest BCUT2D eigenvalue weighted by Gasteiger charge is -2.27. The third-order valence-corrected chi connectivity index (χ3v) is 3.11. The molecule has 0 amide bonds. The van der Waals surface area contributed by atoms with Crippen molar-refractivity contribution in [2.75, 3.05) is 0 Å². The number of hydrogen-bond donors (Lipinski definition) is 0. The molecule has 0 N–H and O–H groups in total. The monoisotopic (exact) mass is 161 g/mol. The number of aromatic nitrogens is 1. The summed E-state index contributed by atoms with van der Waals surface area (Å²) in [4.78, 5) is 4.40. The molecule has 2 atom stereocenters. The predicted molar refractivity (Wildman–Crippen MR) is 50.1 cm³/mol. The van der Waals surface area contributed by atoms with Gasteiger partial charge in [0.25, 0.3) is 0 Å². The molecule has 0 unspecified atom stereocenters. The zero-order chi connectivity index (χ0) is 8.55. The number of fused-ring (bicyclic) bond motifs is 1. The van der Waals surface area contributed by atoms with Crippen molar-refractivity contribution < 1.29 is 0 Å². The lowest BCUT2D eigenvalue weighted by molar-refractivity contribution is 0.420. The Hall–Kier alpha value is -0.850. The van der Waals surface area contributed by atoms with Gasteiger partial charge in [-0.1, -0.05) is 19.9 Å². The first kappa shape index (κ1) is 7.78. The normalized spacial score (nSPS) is 28.2. The Bertz CT molecular complexity index is 280. The first-order valence-electron chi connectivity index (χ1n) is 4.73. The Morgan fingerprint density at radius 1 is 1.42 bits per heavy atom. The van der Waals surface area contributed by atoms with Crippen LogP contribution in [0.25, 0.3) is 0 Å². The Labute approximate surface area is 73.8 Å². The summed E-state index contributed by atoms with van der Waals surface area (Å²) >= 11 is 0. The highest BCUT2D eigenvalue weighted by Gasteiger charge is 2.22. The van der Waals surface area contributed by atoms with Crippen LogP contribution in [0.4, 0.5) is 0 Å². The number of hydrogen-bond acceptors (Lipinski definition) is 1. The second-order valence-corrected chi connectivity index (χ2v) is 3.84. The van der Waals surface area contributed by atoms with Gasteiger partial charge in [-0.05, 0) is 36.3 Å². The topological polar surface area (TPSA) is 12.9 Å². The average molecular weight is 161 g/mol. The standard InChI is InChI=1S/C11H15N/c1-8-5-6-11-10(9(8)2)4-3-7-12-11/h3-4,7-9H,5-6H2,1-2H3/t8-,9+/m0/s1. The van der Waals surface area contributed by atoms with Crippen molar-refractivity contribution in [1.29, 1.82) is 0 Å². The van der Waals surface area contributed by atoms with E-state index < -0.39 is 0 Å². The Morgan fingerprint density at radius 3 is 3.08 bits per heavy atom. The van der Waals surface area contributed by atoms with Gasteiger partial charge < -0.3 is 0 Å². The van der Waals surface area contributed by atoms with Gasteiger partial charge in [-0.3, -0.25) is 4.98 Å². The predicted octanol–water partition coefficient (Wildman–Crippen LogP) is 2.77. The number of nitrogens with zero attached hydrogens (tertiary/aromatic N) is 1. The first-order chi connectivity index (χ1) is 5.79. The van der Waals surface area contributed by atoms with E-state index >= 15 is 0 Å². The van der Waals surface area contributed by atoms with E-state index in [2.05, 4.69) is 24.9 Å². The highest BCUT2D eigenvalue weighted by atomic mass is 14.7. The molecule has 0 bridgehead atoms. The van der Waals surface area contributed by atoms with Crippen molar-refractivity contribution in [2.45, 2.75) is 32.6 Å². The van der Waals surface area contributed by atoms with Crippen LogP contribution >= 0.6 is 0 Å². The molecule has 0 radical (unpaired) electrons. The van der Waals surface area contributed by atoms with Gasteiger partial charge in [0, 0.05) is 11.9 Å². The maximum Gasteiger partial charge on any atom is 0.0438 e. The summed E-state index contributed by atoms with van der Waals surface area (Å²) in [6.07, 6.45) is 4.37. The molecule has 1 heteroatoms. The molecule has 1 aliphatic rings. The lowest BCUT2D eigenvalue weighted by atomic mass is 9.79. The zero-order valence-electron chi connectivity index (χ0n) is 7.75. The van der Waals surface area contributed by atoms with Gasteiger partial charge in [-0.2, -0.15) is 0 Å². The summed E-state index contributed by atoms with van der Waals surface area (Å²) in [6, 6.07) is 4.27. The molecule has 0 saturated carbocycles. The van der Waals surface area contributed by atoms with Gasteiger partial charge in [0.15, 0.2) is 0 Å². The molecular weight excluding hydrogens is 146 g/mol. The highest BCUT2D eigenvalue weighted by molar-refractivity contribution is 5.26. The van der Waals surface area contributed by atoms with Crippen molar-refractivity contribution in [2.24, 2.45) is 5.92 Å². The minimum absolute atomic E-state index is 0.697. The zero-order valence-corrected chi connectivity index (χ0v) is 7.75. The molecule has 1 nitrogen and oxygen atoms in total. The van der Waals surface area contributed by atoms with Crippen LogP contribution in [0.3, 0.4) is 0 Å². The fraction of sp³-hybridized carbons (Fsp3) is 0.545. The van der Waals surface area contributed by atoms with Gasteiger partial charge in [-0.15, -0.1) is 0 Å². The maximum absolute atomic E-state index is 4.40. The molecule has 0 saturated heterocycles. The van der Waals surface area contributed by atoms with E-state index in [0.717, 1.165) is 5.92 Å². The van der Waals surface area contributed by atoms with Crippen LogP contribution in [0.15, 0.2) is 18.3 Å². The van der Waals surface area contributed by atoms with Gasteiger partial charge in [0.05, 0.1) is 0 Å². The van der Waals surface area contributed by atoms with Gasteiger partial charge in [-0.25, -0.2) is 0 Å². The Balaban J connectivity index is 2.42. The largest absolute Gasteiger partial charge is 0.261 e. The molecule has 1 heterocycles. The molecular formula is C11H15N. The van der Waals surface area contributed by atoms with E-state index in [9.17, 15) is 0 Å². The van der Waals surface area contributed by atoms with Crippen LogP contribution in [0.2, 0.25) is 0 Å². The van der Waals surface area contributed by atoms with Crippen LogP contribution in [0.1, 0.15) is 37.4 Å². The van der Waals surface area contributed by atoms with E-state index in [-0.39, 0.29) is 0 Å². The first-order valence-corrected chi connectivity index (χ1v) is 4.73. The van der Waals surface area contributed by atoms with Crippen molar-refractivity contribution in [1.82, 2.24) is 4.98 Å². The summed E-state index contributed by atoms with van der Waals surface area (Å²) in [5, 5.41) is 0. The van der Waals surface area contributed by atoms with Crippen molar-refractivity contribution in [3.05, 3.63) is 29.6 Å². The third kappa shape index (κ3) is 1.13. The Morgan fingerprint density at radius 2 is 2.25 bits per heavy atom. The molecule has 1 aromatic heterocycles. The van der Waals surface area contributed by atoms with E-state index in [1.807, 2.05) is 12.3 Å². The number of pyridine rings is 1. The molecule has 0 aromatic carbocycles. The third-order valence-electron chi connectivity index (χ3n) is 3.11. The van der Waals surface area contributed by atoms with E-state index in [1.165, 1.54) is 24.1 Å². The van der Waals surface area contributed by atoms with Gasteiger partial charge in [0.2, 0.25) is 0 Å². The fourth-order valence-electron chi connectivity index (χ4n) is 1.99. The smallest absolute Gasteiger partial charge is 0.0438 e. The summed E-state index contributed by atoms with van der Waals surface area (Å²) in [6.45, 7) is 4.64. The summed E-state index contributed by atoms with van der Waals surface area (Å²) in [7, 11) is 0. The summed E-state index contributed by atoms with van der Waals surface area (Å²) < 4.78 is 0. The average Bonchev–Trinajstić information content (AvgIpc) is 2.12. The summed E-state index contributed by atoms with van der Waals surface area (Å²) in [5.41, 5.74) is 2.79. The quantitative estimate of drug-likeness (QED) is 0.570. The minimum Gasteiger partial charge on any atom is -0.261 e. The van der Waals surface area contributed by atoms with Crippen molar-refractivity contribution in [3.63, 3.8) is 0 Å². The highest BCUT2D eigenvalue weighted by Crippen LogP contribution is 2.33. The molecule has 0 spiro atoms. The van der Waals surface area contributed by atoms with Crippen LogP contribution in [0, 0.1) is 5.92 Å². The molecule has 0 fully saturated rings. The van der Waals surface area contributed by atoms with Crippen molar-refractivity contribution in [3.8, 4) is 0 Å². The Kier molecular flexibility index (Phi) is 1.87. The SMILES string of the molecule is C[C@H]1CCc2ncccc2[C@@H]1C. The molecule has 1 aliphatic carbocycles. The van der Waals surface area contributed by atoms with E-state index in [1.54, 1.807) is 0 Å². The molecule has 64 valence electrons. The molecule has 12 heavy (non-hydrogen) atoms. The van der Waals surface area contributed by atoms with Crippen LogP contribution < -0.4 is 0 Å². The van der Waals surface area contributed by atoms with Crippen LogP contribution in [0.5, 0.6) is 0 Å². The summed E-state index contributed by atoms with van der Waals surface area (Å²) in [5.74, 6) is 1.52. The van der Waals surface area contributed by atoms with Gasteiger partial charge >= 0.3 is 0 Å².